The van der Waals surface area contributed by atoms with Crippen LogP contribution in [0.3, 0.4) is 0 Å². The highest BCUT2D eigenvalue weighted by atomic mass is 32.1. The minimum atomic E-state index is -0.185. The molecule has 2 aromatic rings. The normalized spacial score (nSPS) is 10.4. The van der Waals surface area contributed by atoms with Gasteiger partial charge >= 0.3 is 0 Å². The monoisotopic (exact) mass is 331 g/mol. The van der Waals surface area contributed by atoms with Crippen molar-refractivity contribution in [3.63, 3.8) is 0 Å². The number of carbonyl (C=O) groups is 2. The van der Waals surface area contributed by atoms with Crippen LogP contribution in [0.25, 0.3) is 0 Å². The molecule has 0 saturated carbocycles. The third-order valence-corrected chi connectivity index (χ3v) is 4.35. The minimum absolute atomic E-state index is 0.0140. The zero-order chi connectivity index (χ0) is 16.8. The molecule has 4 nitrogen and oxygen atoms in total. The summed E-state index contributed by atoms with van der Waals surface area (Å²) in [6, 6.07) is 9.18. The van der Waals surface area contributed by atoms with Crippen LogP contribution >= 0.6 is 11.3 Å². The number of amides is 1. The van der Waals surface area contributed by atoms with Crippen molar-refractivity contribution in [3.8, 4) is 5.75 Å². The summed E-state index contributed by atoms with van der Waals surface area (Å²) in [4.78, 5) is 26.4. The van der Waals surface area contributed by atoms with E-state index in [2.05, 4.69) is 5.32 Å². The van der Waals surface area contributed by atoms with E-state index in [-0.39, 0.29) is 24.5 Å². The number of ether oxygens (including phenoxy) is 1. The summed E-state index contributed by atoms with van der Waals surface area (Å²) in [5.41, 5.74) is 1.37. The molecule has 1 aromatic carbocycles. The van der Waals surface area contributed by atoms with Crippen molar-refractivity contribution in [2.75, 3.05) is 11.9 Å². The lowest BCUT2D eigenvalue weighted by Gasteiger charge is -2.11. The Labute approximate surface area is 140 Å². The van der Waals surface area contributed by atoms with Gasteiger partial charge in [0.15, 0.2) is 5.78 Å². The molecule has 0 fully saturated rings. The zero-order valence-corrected chi connectivity index (χ0v) is 14.5. The van der Waals surface area contributed by atoms with E-state index in [1.165, 1.54) is 0 Å². The lowest BCUT2D eigenvalue weighted by Crippen LogP contribution is -2.14. The number of hydrogen-bond acceptors (Lipinski definition) is 4. The third-order valence-electron chi connectivity index (χ3n) is 3.38. The smallest absolute Gasteiger partial charge is 0.224 e. The highest BCUT2D eigenvalue weighted by Crippen LogP contribution is 2.25. The lowest BCUT2D eigenvalue weighted by molar-refractivity contribution is -0.116. The number of nitrogens with one attached hydrogen (secondary N) is 1. The molecule has 1 heterocycles. The van der Waals surface area contributed by atoms with E-state index in [4.69, 9.17) is 4.74 Å². The number of para-hydroxylation sites is 2. The van der Waals surface area contributed by atoms with Gasteiger partial charge in [-0.15, -0.1) is 11.3 Å². The summed E-state index contributed by atoms with van der Waals surface area (Å²) in [6.07, 6.45) is 0.368. The van der Waals surface area contributed by atoms with Crippen molar-refractivity contribution in [3.05, 3.63) is 45.6 Å². The van der Waals surface area contributed by atoms with Crippen LogP contribution in [0.15, 0.2) is 30.3 Å². The van der Waals surface area contributed by atoms with E-state index in [1.807, 2.05) is 45.0 Å². The summed E-state index contributed by atoms with van der Waals surface area (Å²) in [5, 5.41) is 2.81. The molecule has 0 aliphatic carbocycles. The molecule has 0 saturated heterocycles. The van der Waals surface area contributed by atoms with Crippen LogP contribution in [-0.2, 0) is 4.79 Å². The quantitative estimate of drug-likeness (QED) is 0.767. The first-order valence-corrected chi connectivity index (χ1v) is 8.44. The zero-order valence-electron chi connectivity index (χ0n) is 13.6. The Hall–Kier alpha value is -2.14. The fraction of sp³-hybridized carbons (Fsp3) is 0.333. The molecule has 1 aromatic heterocycles. The Morgan fingerprint density at radius 3 is 2.57 bits per heavy atom. The number of benzene rings is 1. The predicted molar refractivity (Wildman–Crippen MR) is 93.6 cm³/mol. The van der Waals surface area contributed by atoms with E-state index in [0.717, 1.165) is 15.3 Å². The molecule has 122 valence electrons. The van der Waals surface area contributed by atoms with E-state index >= 15 is 0 Å². The summed E-state index contributed by atoms with van der Waals surface area (Å²) < 4.78 is 5.47. The van der Waals surface area contributed by atoms with Crippen LogP contribution in [0, 0.1) is 13.8 Å². The van der Waals surface area contributed by atoms with Crippen molar-refractivity contribution in [1.29, 1.82) is 0 Å². The van der Waals surface area contributed by atoms with E-state index in [9.17, 15) is 9.59 Å². The molecule has 0 bridgehead atoms. The number of Topliss-reactive ketones (excluding diaryl/α,β-unsaturated/α-hetero) is 1. The second-order valence-electron chi connectivity index (χ2n) is 5.23. The van der Waals surface area contributed by atoms with Crippen LogP contribution < -0.4 is 10.1 Å². The van der Waals surface area contributed by atoms with Gasteiger partial charge < -0.3 is 10.1 Å². The average molecular weight is 331 g/mol. The van der Waals surface area contributed by atoms with Crippen LogP contribution in [0.1, 0.15) is 39.9 Å². The maximum atomic E-state index is 12.2. The molecule has 23 heavy (non-hydrogen) atoms. The molecule has 0 unspecified atom stereocenters. The third kappa shape index (κ3) is 4.66. The summed E-state index contributed by atoms with van der Waals surface area (Å²) in [6.45, 7) is 6.33. The molecule has 2 rings (SSSR count). The van der Waals surface area contributed by atoms with Crippen molar-refractivity contribution in [2.24, 2.45) is 0 Å². The van der Waals surface area contributed by atoms with Crippen LogP contribution in [-0.4, -0.2) is 18.3 Å². The van der Waals surface area contributed by atoms with E-state index in [1.54, 1.807) is 17.4 Å². The number of aryl methyl sites for hydroxylation is 2. The van der Waals surface area contributed by atoms with Crippen LogP contribution in [0.4, 0.5) is 5.69 Å². The second kappa shape index (κ2) is 7.92. The highest BCUT2D eigenvalue weighted by molar-refractivity contribution is 7.12. The molecule has 0 atom stereocenters. The Morgan fingerprint density at radius 2 is 1.91 bits per heavy atom. The van der Waals surface area contributed by atoms with Gasteiger partial charge in [0, 0.05) is 28.2 Å². The fourth-order valence-corrected chi connectivity index (χ4v) is 3.28. The highest BCUT2D eigenvalue weighted by Gasteiger charge is 2.14. The van der Waals surface area contributed by atoms with Gasteiger partial charge in [-0.1, -0.05) is 12.1 Å². The van der Waals surface area contributed by atoms with Gasteiger partial charge in [0.2, 0.25) is 5.91 Å². The van der Waals surface area contributed by atoms with Gasteiger partial charge in [0.1, 0.15) is 5.75 Å². The number of ketones is 1. The maximum Gasteiger partial charge on any atom is 0.224 e. The summed E-state index contributed by atoms with van der Waals surface area (Å²) >= 11 is 1.60. The number of anilines is 1. The summed E-state index contributed by atoms with van der Waals surface area (Å²) in [5.74, 6) is 0.467. The van der Waals surface area contributed by atoms with Crippen molar-refractivity contribution in [1.82, 2.24) is 0 Å². The van der Waals surface area contributed by atoms with Gasteiger partial charge in [-0.05, 0) is 39.0 Å². The number of carbonyl (C=O) groups excluding carboxylic acids is 2. The first-order chi connectivity index (χ1) is 11.0. The average Bonchev–Trinajstić information content (AvgIpc) is 2.86. The van der Waals surface area contributed by atoms with Gasteiger partial charge in [-0.2, -0.15) is 0 Å². The standard InChI is InChI=1S/C18H21NO3S/c1-4-22-17-8-6-5-7-15(17)19-18(21)10-9-16(20)14-11-12(2)23-13(14)3/h5-8,11H,4,9-10H2,1-3H3,(H,19,21). The van der Waals surface area contributed by atoms with Crippen LogP contribution in [0.2, 0.25) is 0 Å². The Morgan fingerprint density at radius 1 is 1.17 bits per heavy atom. The molecular formula is C18H21NO3S. The summed E-state index contributed by atoms with van der Waals surface area (Å²) in [7, 11) is 0. The molecule has 5 heteroatoms. The largest absolute Gasteiger partial charge is 0.492 e. The molecule has 1 amide bonds. The molecule has 0 aliphatic rings. The van der Waals surface area contributed by atoms with Gasteiger partial charge in [-0.25, -0.2) is 0 Å². The molecule has 0 spiro atoms. The van der Waals surface area contributed by atoms with Gasteiger partial charge in [0.25, 0.3) is 0 Å². The first-order valence-electron chi connectivity index (χ1n) is 7.63. The topological polar surface area (TPSA) is 55.4 Å². The predicted octanol–water partition coefficient (Wildman–Crippen LogP) is 4.37. The first kappa shape index (κ1) is 17.2. The van der Waals surface area contributed by atoms with Gasteiger partial charge in [-0.3, -0.25) is 9.59 Å². The molecule has 0 radical (unpaired) electrons. The molecule has 1 N–H and O–H groups in total. The lowest BCUT2D eigenvalue weighted by atomic mass is 10.1. The van der Waals surface area contributed by atoms with E-state index in [0.29, 0.717) is 18.0 Å². The maximum absolute atomic E-state index is 12.2. The van der Waals surface area contributed by atoms with Crippen molar-refractivity contribution < 1.29 is 14.3 Å². The van der Waals surface area contributed by atoms with Crippen molar-refractivity contribution in [2.45, 2.75) is 33.6 Å². The Kier molecular flexibility index (Phi) is 5.93. The fourth-order valence-electron chi connectivity index (χ4n) is 2.33. The Balaban J connectivity index is 1.93. The Bertz CT molecular complexity index is 706. The minimum Gasteiger partial charge on any atom is -0.492 e. The van der Waals surface area contributed by atoms with E-state index < -0.39 is 0 Å². The number of rotatable bonds is 7. The van der Waals surface area contributed by atoms with Crippen molar-refractivity contribution >= 4 is 28.7 Å². The number of thiophene rings is 1. The number of hydrogen-bond donors (Lipinski definition) is 1. The molecule has 0 aliphatic heterocycles. The SMILES string of the molecule is CCOc1ccccc1NC(=O)CCC(=O)c1cc(C)sc1C. The second-order valence-corrected chi connectivity index (χ2v) is 6.69. The molecular weight excluding hydrogens is 310 g/mol. The van der Waals surface area contributed by atoms with Gasteiger partial charge in [0.05, 0.1) is 12.3 Å². The van der Waals surface area contributed by atoms with Crippen LogP contribution in [0.5, 0.6) is 5.75 Å².